The zero-order valence-corrected chi connectivity index (χ0v) is 13.2. The molecule has 1 aliphatic carbocycles. The van der Waals surface area contributed by atoms with Gasteiger partial charge in [0, 0.05) is 18.1 Å². The van der Waals surface area contributed by atoms with E-state index in [9.17, 15) is 0 Å². The van der Waals surface area contributed by atoms with Crippen molar-refractivity contribution in [2.75, 3.05) is 13.1 Å². The second kappa shape index (κ2) is 8.26. The molecule has 0 aromatic heterocycles. The van der Waals surface area contributed by atoms with Gasteiger partial charge in [0.2, 0.25) is 0 Å². The van der Waals surface area contributed by atoms with Crippen LogP contribution in [0, 0.1) is 0 Å². The van der Waals surface area contributed by atoms with Crippen molar-refractivity contribution < 1.29 is 0 Å². The lowest BCUT2D eigenvalue weighted by molar-refractivity contribution is 0.0781. The van der Waals surface area contributed by atoms with Gasteiger partial charge in [-0.2, -0.15) is 0 Å². The number of nitrogens with one attached hydrogen (secondary N) is 1. The summed E-state index contributed by atoms with van der Waals surface area (Å²) in [6.45, 7) is 7.23. The lowest BCUT2D eigenvalue weighted by atomic mass is 9.87. The SMILES string of the molecule is CCCNC1CCCCC1N1CCCCCC1CC. The van der Waals surface area contributed by atoms with Crippen molar-refractivity contribution in [3.05, 3.63) is 0 Å². The molecule has 0 aromatic carbocycles. The Morgan fingerprint density at radius 3 is 2.53 bits per heavy atom. The summed E-state index contributed by atoms with van der Waals surface area (Å²) in [6, 6.07) is 2.45. The number of hydrogen-bond donors (Lipinski definition) is 1. The normalized spacial score (nSPS) is 34.1. The van der Waals surface area contributed by atoms with Crippen LogP contribution in [0.4, 0.5) is 0 Å². The van der Waals surface area contributed by atoms with Gasteiger partial charge in [-0.15, -0.1) is 0 Å². The second-order valence-electron chi connectivity index (χ2n) is 6.56. The molecule has 2 nitrogen and oxygen atoms in total. The molecular formula is C17H34N2. The highest BCUT2D eigenvalue weighted by molar-refractivity contribution is 4.91. The third-order valence-electron chi connectivity index (χ3n) is 5.21. The Labute approximate surface area is 120 Å². The minimum atomic E-state index is 0.765. The summed E-state index contributed by atoms with van der Waals surface area (Å²) < 4.78 is 0. The first-order valence-electron chi connectivity index (χ1n) is 8.86. The topological polar surface area (TPSA) is 15.3 Å². The molecule has 0 spiro atoms. The maximum Gasteiger partial charge on any atom is 0.0252 e. The average molecular weight is 266 g/mol. The number of nitrogens with zero attached hydrogens (tertiary/aromatic N) is 1. The van der Waals surface area contributed by atoms with Gasteiger partial charge < -0.3 is 5.32 Å². The van der Waals surface area contributed by atoms with Gasteiger partial charge in [0.15, 0.2) is 0 Å². The number of hydrogen-bond acceptors (Lipinski definition) is 2. The molecule has 0 aromatic rings. The van der Waals surface area contributed by atoms with E-state index in [4.69, 9.17) is 0 Å². The Morgan fingerprint density at radius 2 is 1.74 bits per heavy atom. The lowest BCUT2D eigenvalue weighted by Crippen LogP contribution is -2.55. The van der Waals surface area contributed by atoms with E-state index in [1.807, 2.05) is 0 Å². The van der Waals surface area contributed by atoms with Crippen LogP contribution in [0.5, 0.6) is 0 Å². The molecule has 1 N–H and O–H groups in total. The van der Waals surface area contributed by atoms with Crippen LogP contribution in [0.15, 0.2) is 0 Å². The fourth-order valence-corrected chi connectivity index (χ4v) is 4.15. The van der Waals surface area contributed by atoms with Crippen molar-refractivity contribution in [2.45, 2.75) is 96.2 Å². The maximum atomic E-state index is 3.84. The summed E-state index contributed by atoms with van der Waals surface area (Å²) in [5.74, 6) is 0. The second-order valence-corrected chi connectivity index (χ2v) is 6.56. The average Bonchev–Trinajstić information content (AvgIpc) is 2.70. The van der Waals surface area contributed by atoms with E-state index >= 15 is 0 Å². The standard InChI is InChI=1S/C17H34N2/c1-3-13-18-16-11-7-8-12-17(16)19-14-9-5-6-10-15(19)4-2/h15-18H,3-14H2,1-2H3. The Morgan fingerprint density at radius 1 is 0.947 bits per heavy atom. The highest BCUT2D eigenvalue weighted by Crippen LogP contribution is 2.29. The molecule has 1 saturated carbocycles. The van der Waals surface area contributed by atoms with Gasteiger partial charge >= 0.3 is 0 Å². The van der Waals surface area contributed by atoms with Crippen LogP contribution in [0.3, 0.4) is 0 Å². The summed E-state index contributed by atoms with van der Waals surface area (Å²) in [5, 5.41) is 3.84. The monoisotopic (exact) mass is 266 g/mol. The summed E-state index contributed by atoms with van der Waals surface area (Å²) >= 11 is 0. The predicted octanol–water partition coefficient (Wildman–Crippen LogP) is 3.95. The van der Waals surface area contributed by atoms with Gasteiger partial charge in [-0.25, -0.2) is 0 Å². The molecule has 3 unspecified atom stereocenters. The van der Waals surface area contributed by atoms with Crippen LogP contribution in [0.2, 0.25) is 0 Å². The summed E-state index contributed by atoms with van der Waals surface area (Å²) in [6.07, 6.45) is 14.1. The van der Waals surface area contributed by atoms with Crippen molar-refractivity contribution in [1.29, 1.82) is 0 Å². The zero-order chi connectivity index (χ0) is 13.5. The van der Waals surface area contributed by atoms with E-state index in [1.54, 1.807) is 0 Å². The maximum absolute atomic E-state index is 3.84. The summed E-state index contributed by atoms with van der Waals surface area (Å²) in [4.78, 5) is 2.90. The van der Waals surface area contributed by atoms with E-state index in [0.29, 0.717) is 0 Å². The third kappa shape index (κ3) is 4.19. The van der Waals surface area contributed by atoms with E-state index in [2.05, 4.69) is 24.1 Å². The lowest BCUT2D eigenvalue weighted by Gasteiger charge is -2.43. The fourth-order valence-electron chi connectivity index (χ4n) is 4.15. The van der Waals surface area contributed by atoms with Crippen molar-refractivity contribution in [3.63, 3.8) is 0 Å². The van der Waals surface area contributed by atoms with E-state index in [-0.39, 0.29) is 0 Å². The van der Waals surface area contributed by atoms with Gasteiger partial charge in [-0.05, 0) is 51.6 Å². The molecule has 1 aliphatic heterocycles. The van der Waals surface area contributed by atoms with Gasteiger partial charge in [0.1, 0.15) is 0 Å². The quantitative estimate of drug-likeness (QED) is 0.810. The fraction of sp³-hybridized carbons (Fsp3) is 1.00. The first-order chi connectivity index (χ1) is 9.36. The largest absolute Gasteiger partial charge is 0.312 e. The van der Waals surface area contributed by atoms with Crippen LogP contribution in [0.1, 0.15) is 78.1 Å². The molecule has 0 amide bonds. The van der Waals surface area contributed by atoms with E-state index < -0.39 is 0 Å². The molecule has 0 bridgehead atoms. The van der Waals surface area contributed by atoms with Crippen molar-refractivity contribution in [3.8, 4) is 0 Å². The smallest absolute Gasteiger partial charge is 0.0252 e. The first kappa shape index (κ1) is 15.3. The van der Waals surface area contributed by atoms with E-state index in [1.165, 1.54) is 77.3 Å². The van der Waals surface area contributed by atoms with Gasteiger partial charge in [-0.3, -0.25) is 4.90 Å². The van der Waals surface area contributed by atoms with Crippen molar-refractivity contribution in [2.24, 2.45) is 0 Å². The molecule has 1 heterocycles. The predicted molar refractivity (Wildman–Crippen MR) is 83.6 cm³/mol. The Kier molecular flexibility index (Phi) is 6.66. The van der Waals surface area contributed by atoms with Crippen LogP contribution in [-0.2, 0) is 0 Å². The van der Waals surface area contributed by atoms with Crippen LogP contribution in [-0.4, -0.2) is 36.1 Å². The Bertz CT molecular complexity index is 241. The van der Waals surface area contributed by atoms with Crippen LogP contribution < -0.4 is 5.32 Å². The Hall–Kier alpha value is -0.0800. The summed E-state index contributed by atoms with van der Waals surface area (Å²) in [7, 11) is 0. The molecule has 0 radical (unpaired) electrons. The molecular weight excluding hydrogens is 232 g/mol. The van der Waals surface area contributed by atoms with Gasteiger partial charge in [0.05, 0.1) is 0 Å². The molecule has 2 rings (SSSR count). The molecule has 19 heavy (non-hydrogen) atoms. The van der Waals surface area contributed by atoms with Crippen molar-refractivity contribution >= 4 is 0 Å². The molecule has 2 aliphatic rings. The molecule has 2 fully saturated rings. The third-order valence-corrected chi connectivity index (χ3v) is 5.21. The first-order valence-corrected chi connectivity index (χ1v) is 8.86. The summed E-state index contributed by atoms with van der Waals surface area (Å²) in [5.41, 5.74) is 0. The van der Waals surface area contributed by atoms with Crippen molar-refractivity contribution in [1.82, 2.24) is 10.2 Å². The highest BCUT2D eigenvalue weighted by atomic mass is 15.2. The highest BCUT2D eigenvalue weighted by Gasteiger charge is 2.33. The van der Waals surface area contributed by atoms with E-state index in [0.717, 1.165) is 18.1 Å². The number of rotatable bonds is 5. The van der Waals surface area contributed by atoms with Gasteiger partial charge in [-0.1, -0.05) is 39.5 Å². The van der Waals surface area contributed by atoms with Crippen LogP contribution >= 0.6 is 0 Å². The van der Waals surface area contributed by atoms with Gasteiger partial charge in [0.25, 0.3) is 0 Å². The minimum absolute atomic E-state index is 0.765. The number of likely N-dealkylation sites (tertiary alicyclic amines) is 1. The Balaban J connectivity index is 2.01. The molecule has 3 atom stereocenters. The minimum Gasteiger partial charge on any atom is -0.312 e. The molecule has 2 heteroatoms. The zero-order valence-electron chi connectivity index (χ0n) is 13.2. The molecule has 1 saturated heterocycles. The van der Waals surface area contributed by atoms with Crippen LogP contribution in [0.25, 0.3) is 0 Å². The molecule has 112 valence electrons.